The zero-order chi connectivity index (χ0) is 46.9. The molecule has 9 rings (SSSR count). The normalized spacial score (nSPS) is 31.9. The average Bonchev–Trinajstić information content (AvgIpc) is 3.77. The number of phenols is 2. The Morgan fingerprint density at radius 2 is 1.56 bits per heavy atom. The summed E-state index contributed by atoms with van der Waals surface area (Å²) in [6.07, 6.45) is 6.42. The number of carbonyl (C=O) groups excluding carboxylic acids is 2. The minimum atomic E-state index is -1.38. The van der Waals surface area contributed by atoms with Crippen molar-refractivity contribution in [2.24, 2.45) is 46.3 Å². The maximum atomic E-state index is 13.5. The number of benzene rings is 3. The molecule has 9 N–H and O–H groups in total. The standard InChI is InChI=1S/C51H63N3O11S/c1-26(33-14-15-37-45-38(25-43(59)50(33,37)3)49(2)18-17-31(57)20-27(49)21-40(45)58)7-16-44(60)54-39(46(61)62)6-4-5-19-52-48(66)53-28-8-11-34-32(22-28)47(63)65-51(34)35-12-9-29(55)23-41(35)64-42-24-30(56)10-13-36(42)51/h8-13,22-24,26-27,31,33,37-40,43,45,55-59H,4-7,14-21,25H2,1-3H3,(H,54,60)(H,61,62)(H2,52,53,66). The number of anilines is 1. The molecule has 12 atom stereocenters. The number of unbranched alkanes of at least 4 members (excludes halogenated alkanes) is 1. The monoisotopic (exact) mass is 925 g/mol. The van der Waals surface area contributed by atoms with Crippen molar-refractivity contribution in [2.45, 2.75) is 128 Å². The van der Waals surface area contributed by atoms with E-state index < -0.39 is 35.8 Å². The Bertz CT molecular complexity index is 2360. The van der Waals surface area contributed by atoms with Gasteiger partial charge >= 0.3 is 11.9 Å². The number of carboxylic acids is 1. The van der Waals surface area contributed by atoms with Crippen LogP contribution in [0, 0.1) is 46.3 Å². The van der Waals surface area contributed by atoms with Gasteiger partial charge in [0.1, 0.15) is 29.0 Å². The van der Waals surface area contributed by atoms with Gasteiger partial charge in [0, 0.05) is 47.5 Å². The van der Waals surface area contributed by atoms with E-state index in [0.717, 1.165) is 32.1 Å². The first-order valence-corrected chi connectivity index (χ1v) is 24.2. The minimum absolute atomic E-state index is 0.000717. The summed E-state index contributed by atoms with van der Waals surface area (Å²) in [4.78, 5) is 39.0. The van der Waals surface area contributed by atoms with Gasteiger partial charge in [0.15, 0.2) is 10.7 Å². The van der Waals surface area contributed by atoms with Gasteiger partial charge in [-0.15, -0.1) is 0 Å². The fourth-order valence-corrected chi connectivity index (χ4v) is 14.1. The van der Waals surface area contributed by atoms with Crippen molar-refractivity contribution in [3.63, 3.8) is 0 Å². The van der Waals surface area contributed by atoms with E-state index >= 15 is 0 Å². The number of fused-ring (bicyclic) bond motifs is 11. The van der Waals surface area contributed by atoms with Gasteiger partial charge in [-0.1, -0.05) is 26.8 Å². The lowest BCUT2D eigenvalue weighted by Crippen LogP contribution is -2.62. The number of nitrogens with one attached hydrogen (secondary N) is 3. The first-order valence-electron chi connectivity index (χ1n) is 23.8. The highest BCUT2D eigenvalue weighted by Gasteiger charge is 2.66. The van der Waals surface area contributed by atoms with Crippen LogP contribution in [0.25, 0.3) is 0 Å². The molecule has 3 aromatic rings. The molecule has 66 heavy (non-hydrogen) atoms. The van der Waals surface area contributed by atoms with Gasteiger partial charge in [-0.3, -0.25) is 4.79 Å². The Morgan fingerprint density at radius 1 is 0.864 bits per heavy atom. The molecule has 15 heteroatoms. The molecule has 2 heterocycles. The maximum Gasteiger partial charge on any atom is 0.340 e. The molecule has 1 spiro atoms. The number of rotatable bonds is 12. The van der Waals surface area contributed by atoms with Crippen LogP contribution in [0.5, 0.6) is 23.0 Å². The fourth-order valence-electron chi connectivity index (χ4n) is 13.8. The predicted molar refractivity (Wildman–Crippen MR) is 248 cm³/mol. The van der Waals surface area contributed by atoms with Gasteiger partial charge in [-0.05, 0) is 166 Å². The molecule has 6 aliphatic rings. The smallest absolute Gasteiger partial charge is 0.340 e. The van der Waals surface area contributed by atoms with Crippen molar-refractivity contribution in [2.75, 3.05) is 11.9 Å². The summed E-state index contributed by atoms with van der Waals surface area (Å²) in [5.74, 6) is -0.411. The van der Waals surface area contributed by atoms with Crippen LogP contribution in [-0.4, -0.2) is 84.5 Å². The Morgan fingerprint density at radius 3 is 2.26 bits per heavy atom. The minimum Gasteiger partial charge on any atom is -0.508 e. The SMILES string of the molecule is CC(CCC(=O)NC(CCCCNC(=S)Nc1ccc2c(c1)C(=O)OC21c2ccc(O)cc2Oc2cc(O)ccc21)C(=O)O)C1CCC2C3C(O)CC4CC(O)CCC4(C)C3CC(O)C12C. The van der Waals surface area contributed by atoms with Gasteiger partial charge in [-0.25, -0.2) is 9.59 Å². The molecule has 0 radical (unpaired) electrons. The van der Waals surface area contributed by atoms with E-state index in [-0.39, 0.29) is 94.2 Å². The second-order valence-electron chi connectivity index (χ2n) is 20.7. The number of phenolic OH excluding ortho intramolecular Hbond substituents is 2. The summed E-state index contributed by atoms with van der Waals surface area (Å²) in [5.41, 5.74) is 0.675. The van der Waals surface area contributed by atoms with Crippen molar-refractivity contribution < 1.29 is 54.5 Å². The number of amides is 1. The van der Waals surface area contributed by atoms with E-state index in [4.69, 9.17) is 21.7 Å². The molecular weight excluding hydrogens is 863 g/mol. The number of hydrogen-bond acceptors (Lipinski definition) is 11. The lowest BCUT2D eigenvalue weighted by molar-refractivity contribution is -0.207. The second-order valence-corrected chi connectivity index (χ2v) is 21.1. The molecule has 1 amide bonds. The molecule has 14 nitrogen and oxygen atoms in total. The summed E-state index contributed by atoms with van der Waals surface area (Å²) in [6, 6.07) is 13.3. The van der Waals surface area contributed by atoms with E-state index in [9.17, 15) is 45.0 Å². The van der Waals surface area contributed by atoms with Crippen LogP contribution in [0.15, 0.2) is 54.6 Å². The number of carbonyl (C=O) groups is 3. The Hall–Kier alpha value is -4.96. The van der Waals surface area contributed by atoms with E-state index in [1.807, 2.05) is 0 Å². The average molecular weight is 926 g/mol. The molecule has 0 bridgehead atoms. The van der Waals surface area contributed by atoms with Gasteiger partial charge in [0.05, 0.1) is 23.9 Å². The van der Waals surface area contributed by atoms with Crippen molar-refractivity contribution >= 4 is 40.9 Å². The van der Waals surface area contributed by atoms with Gasteiger partial charge in [0.25, 0.3) is 0 Å². The number of thiocarbonyl (C=S) groups is 1. The molecule has 4 aliphatic carbocycles. The highest BCUT2D eigenvalue weighted by Crippen LogP contribution is 2.68. The van der Waals surface area contributed by atoms with Gasteiger partial charge < -0.3 is 56.1 Å². The Kier molecular flexibility index (Phi) is 12.3. The zero-order valence-electron chi connectivity index (χ0n) is 37.8. The molecule has 0 saturated heterocycles. The zero-order valence-corrected chi connectivity index (χ0v) is 38.6. The van der Waals surface area contributed by atoms with Crippen molar-refractivity contribution in [3.05, 3.63) is 76.9 Å². The van der Waals surface area contributed by atoms with Crippen LogP contribution >= 0.6 is 12.2 Å². The highest BCUT2D eigenvalue weighted by molar-refractivity contribution is 7.80. The number of aromatic hydroxyl groups is 2. The Balaban J connectivity index is 0.746. The van der Waals surface area contributed by atoms with E-state index in [1.165, 1.54) is 24.3 Å². The van der Waals surface area contributed by atoms with Crippen molar-refractivity contribution in [1.82, 2.24) is 10.6 Å². The van der Waals surface area contributed by atoms with Gasteiger partial charge in [0.2, 0.25) is 5.91 Å². The molecule has 354 valence electrons. The third-order valence-corrected chi connectivity index (χ3v) is 17.5. The number of carboxylic acid groups (broad SMARTS) is 1. The topological polar surface area (TPSA) is 227 Å². The van der Waals surface area contributed by atoms with E-state index in [1.54, 1.807) is 30.3 Å². The molecule has 2 aliphatic heterocycles. The molecular formula is C51H63N3O11S. The summed E-state index contributed by atoms with van der Waals surface area (Å²) in [5, 5.41) is 73.7. The van der Waals surface area contributed by atoms with Crippen molar-refractivity contribution in [1.29, 1.82) is 0 Å². The second kappa shape index (κ2) is 17.6. The summed E-state index contributed by atoms with van der Waals surface area (Å²) < 4.78 is 12.2. The largest absolute Gasteiger partial charge is 0.508 e. The summed E-state index contributed by atoms with van der Waals surface area (Å²) in [7, 11) is 0. The summed E-state index contributed by atoms with van der Waals surface area (Å²) >= 11 is 5.55. The predicted octanol–water partition coefficient (Wildman–Crippen LogP) is 7.07. The number of aliphatic hydroxyl groups excluding tert-OH is 3. The van der Waals surface area contributed by atoms with Crippen LogP contribution in [0.3, 0.4) is 0 Å². The molecule has 0 aromatic heterocycles. The number of ether oxygens (including phenoxy) is 2. The van der Waals surface area contributed by atoms with Crippen LogP contribution in [0.2, 0.25) is 0 Å². The van der Waals surface area contributed by atoms with Crippen LogP contribution in [0.1, 0.15) is 125 Å². The van der Waals surface area contributed by atoms with Crippen LogP contribution in [0.4, 0.5) is 5.69 Å². The lowest BCUT2D eigenvalue weighted by atomic mass is 9.43. The van der Waals surface area contributed by atoms with E-state index in [0.29, 0.717) is 71.7 Å². The number of aliphatic hydroxyl groups is 3. The third-order valence-electron chi connectivity index (χ3n) is 17.2. The molecule has 4 fully saturated rings. The Labute approximate surface area is 390 Å². The summed E-state index contributed by atoms with van der Waals surface area (Å²) in [6.45, 7) is 7.10. The first-order chi connectivity index (χ1) is 31.4. The fraction of sp³-hybridized carbons (Fsp3) is 0.569. The lowest BCUT2D eigenvalue weighted by Gasteiger charge is -2.63. The molecule has 4 saturated carbocycles. The maximum absolute atomic E-state index is 13.5. The number of hydrogen-bond donors (Lipinski definition) is 9. The number of esters is 1. The van der Waals surface area contributed by atoms with Gasteiger partial charge in [-0.2, -0.15) is 0 Å². The van der Waals surface area contributed by atoms with Crippen LogP contribution < -0.4 is 20.7 Å². The van der Waals surface area contributed by atoms with E-state index in [2.05, 4.69) is 36.7 Å². The third kappa shape index (κ3) is 7.86. The quantitative estimate of drug-likeness (QED) is 0.0503. The number of aliphatic carboxylic acids is 1. The molecule has 12 unspecified atom stereocenters. The van der Waals surface area contributed by atoms with Crippen molar-refractivity contribution in [3.8, 4) is 23.0 Å². The molecule has 3 aromatic carbocycles. The highest BCUT2D eigenvalue weighted by atomic mass is 32.1. The van der Waals surface area contributed by atoms with Crippen LogP contribution in [-0.2, 0) is 19.9 Å². The first kappa shape index (κ1) is 46.2.